The summed E-state index contributed by atoms with van der Waals surface area (Å²) in [5.74, 6) is 0.796. The van der Waals surface area contributed by atoms with Crippen LogP contribution in [0.15, 0.2) is 36.5 Å². The summed E-state index contributed by atoms with van der Waals surface area (Å²) in [7, 11) is 4.06. The number of hydrogen-bond acceptors (Lipinski definition) is 5. The van der Waals surface area contributed by atoms with Crippen molar-refractivity contribution in [2.24, 2.45) is 0 Å². The van der Waals surface area contributed by atoms with Crippen LogP contribution in [0.5, 0.6) is 5.88 Å². The first-order chi connectivity index (χ1) is 13.1. The molecule has 27 heavy (non-hydrogen) atoms. The number of rotatable bonds is 8. The third-order valence-electron chi connectivity index (χ3n) is 4.15. The highest BCUT2D eigenvalue weighted by molar-refractivity contribution is 6.11. The lowest BCUT2D eigenvalue weighted by molar-refractivity contribution is 0.102. The number of nitrogens with zero attached hydrogens (tertiary/aromatic N) is 3. The molecular formula is C20H25N5O2. The van der Waals surface area contributed by atoms with Gasteiger partial charge in [-0.1, -0.05) is 13.0 Å². The molecule has 0 saturated carbocycles. The van der Waals surface area contributed by atoms with Gasteiger partial charge in [-0.25, -0.2) is 9.97 Å². The van der Waals surface area contributed by atoms with Gasteiger partial charge in [0.2, 0.25) is 5.88 Å². The van der Waals surface area contributed by atoms with Crippen LogP contribution in [-0.2, 0) is 6.42 Å². The first-order valence-electron chi connectivity index (χ1n) is 9.09. The molecule has 0 saturated heterocycles. The summed E-state index contributed by atoms with van der Waals surface area (Å²) in [4.78, 5) is 26.8. The number of amides is 1. The van der Waals surface area contributed by atoms with Gasteiger partial charge in [0.25, 0.3) is 5.91 Å². The van der Waals surface area contributed by atoms with Crippen LogP contribution in [-0.4, -0.2) is 53.0 Å². The third kappa shape index (κ3) is 4.83. The smallest absolute Gasteiger partial charge is 0.260 e. The average Bonchev–Trinajstić information content (AvgIpc) is 3.08. The molecule has 3 heterocycles. The molecule has 0 atom stereocenters. The highest BCUT2D eigenvalue weighted by Crippen LogP contribution is 2.21. The van der Waals surface area contributed by atoms with E-state index in [0.717, 1.165) is 30.6 Å². The van der Waals surface area contributed by atoms with E-state index in [1.807, 2.05) is 45.3 Å². The molecule has 0 aromatic carbocycles. The zero-order chi connectivity index (χ0) is 19.2. The second-order valence-electron chi connectivity index (χ2n) is 6.58. The molecule has 0 spiro atoms. The van der Waals surface area contributed by atoms with Crippen molar-refractivity contribution >= 4 is 22.8 Å². The Balaban J connectivity index is 1.73. The Labute approximate surface area is 158 Å². The predicted octanol–water partition coefficient (Wildman–Crippen LogP) is 3.10. The SMILES string of the molecule is CCc1cccc(NC(=O)c2c[nH]c3ccc(OCCCN(C)C)nc23)n1. The summed E-state index contributed by atoms with van der Waals surface area (Å²) in [5.41, 5.74) is 2.77. The Kier molecular flexibility index (Phi) is 6.03. The number of aryl methyl sites for hydroxylation is 1. The Morgan fingerprint density at radius 3 is 2.85 bits per heavy atom. The second kappa shape index (κ2) is 8.64. The zero-order valence-electron chi connectivity index (χ0n) is 16.0. The number of pyridine rings is 2. The number of carbonyl (C=O) groups excluding carboxylic acids is 1. The number of ether oxygens (including phenoxy) is 1. The van der Waals surface area contributed by atoms with Gasteiger partial charge in [0.1, 0.15) is 11.3 Å². The van der Waals surface area contributed by atoms with E-state index in [9.17, 15) is 4.79 Å². The van der Waals surface area contributed by atoms with Crippen molar-refractivity contribution < 1.29 is 9.53 Å². The number of carbonyl (C=O) groups is 1. The summed E-state index contributed by atoms with van der Waals surface area (Å²) < 4.78 is 5.72. The van der Waals surface area contributed by atoms with E-state index in [0.29, 0.717) is 29.4 Å². The number of aromatic nitrogens is 3. The van der Waals surface area contributed by atoms with Crippen molar-refractivity contribution in [3.05, 3.63) is 47.8 Å². The summed E-state index contributed by atoms with van der Waals surface area (Å²) in [6.07, 6.45) is 3.38. The van der Waals surface area contributed by atoms with Gasteiger partial charge >= 0.3 is 0 Å². The predicted molar refractivity (Wildman–Crippen MR) is 106 cm³/mol. The summed E-state index contributed by atoms with van der Waals surface area (Å²) in [6.45, 7) is 3.55. The molecule has 0 aliphatic rings. The fourth-order valence-electron chi connectivity index (χ4n) is 2.72. The average molecular weight is 367 g/mol. The van der Waals surface area contributed by atoms with Crippen molar-refractivity contribution in [2.45, 2.75) is 19.8 Å². The minimum absolute atomic E-state index is 0.251. The highest BCUT2D eigenvalue weighted by Gasteiger charge is 2.15. The van der Waals surface area contributed by atoms with E-state index in [-0.39, 0.29) is 5.91 Å². The molecule has 0 unspecified atom stereocenters. The van der Waals surface area contributed by atoms with E-state index >= 15 is 0 Å². The Morgan fingerprint density at radius 1 is 1.22 bits per heavy atom. The number of hydrogen-bond donors (Lipinski definition) is 2. The van der Waals surface area contributed by atoms with E-state index in [2.05, 4.69) is 25.2 Å². The maximum atomic E-state index is 12.7. The van der Waals surface area contributed by atoms with Gasteiger partial charge < -0.3 is 19.9 Å². The van der Waals surface area contributed by atoms with Crippen molar-refractivity contribution in [1.82, 2.24) is 19.9 Å². The Hall–Kier alpha value is -2.93. The van der Waals surface area contributed by atoms with Gasteiger partial charge in [-0.2, -0.15) is 0 Å². The number of anilines is 1. The summed E-state index contributed by atoms with van der Waals surface area (Å²) in [5, 5.41) is 2.84. The minimum Gasteiger partial charge on any atom is -0.478 e. The molecular weight excluding hydrogens is 342 g/mol. The van der Waals surface area contributed by atoms with Crippen LogP contribution in [0, 0.1) is 0 Å². The first-order valence-corrected chi connectivity index (χ1v) is 9.09. The van der Waals surface area contributed by atoms with Crippen LogP contribution in [0.4, 0.5) is 5.82 Å². The number of H-pyrrole nitrogens is 1. The summed E-state index contributed by atoms with van der Waals surface area (Å²) in [6, 6.07) is 9.27. The van der Waals surface area contributed by atoms with Crippen LogP contribution in [0.2, 0.25) is 0 Å². The topological polar surface area (TPSA) is 83.1 Å². The maximum Gasteiger partial charge on any atom is 0.260 e. The first kappa shape index (κ1) is 18.8. The van der Waals surface area contributed by atoms with Crippen LogP contribution < -0.4 is 10.1 Å². The van der Waals surface area contributed by atoms with Gasteiger partial charge in [0.15, 0.2) is 0 Å². The Bertz CT molecular complexity index is 920. The fraction of sp³-hybridized carbons (Fsp3) is 0.350. The van der Waals surface area contributed by atoms with Crippen LogP contribution in [0.25, 0.3) is 11.0 Å². The second-order valence-corrected chi connectivity index (χ2v) is 6.58. The lowest BCUT2D eigenvalue weighted by Gasteiger charge is -2.10. The molecule has 7 nitrogen and oxygen atoms in total. The maximum absolute atomic E-state index is 12.7. The van der Waals surface area contributed by atoms with Crippen LogP contribution >= 0.6 is 0 Å². The van der Waals surface area contributed by atoms with E-state index in [4.69, 9.17) is 4.74 Å². The summed E-state index contributed by atoms with van der Waals surface area (Å²) >= 11 is 0. The zero-order valence-corrected chi connectivity index (χ0v) is 16.0. The number of aromatic amines is 1. The molecule has 0 radical (unpaired) electrons. The molecule has 3 aromatic heterocycles. The molecule has 7 heteroatoms. The van der Waals surface area contributed by atoms with Crippen LogP contribution in [0.1, 0.15) is 29.4 Å². The standard InChI is InChI=1S/C20H25N5O2/c1-4-14-7-5-8-17(22-14)23-20(26)15-13-21-16-9-10-18(24-19(15)16)27-12-6-11-25(2)3/h5,7-10,13,21H,4,6,11-12H2,1-3H3,(H,22,23,26). The Morgan fingerprint density at radius 2 is 2.07 bits per heavy atom. The van der Waals surface area contributed by atoms with E-state index in [1.165, 1.54) is 0 Å². The van der Waals surface area contributed by atoms with Crippen LogP contribution in [0.3, 0.4) is 0 Å². The normalized spacial score (nSPS) is 11.1. The van der Waals surface area contributed by atoms with Gasteiger partial charge in [-0.05, 0) is 45.1 Å². The molecule has 0 bridgehead atoms. The molecule has 2 N–H and O–H groups in total. The molecule has 0 fully saturated rings. The van der Waals surface area contributed by atoms with E-state index in [1.54, 1.807) is 12.3 Å². The van der Waals surface area contributed by atoms with Crippen molar-refractivity contribution in [2.75, 3.05) is 32.6 Å². The quantitative estimate of drug-likeness (QED) is 0.598. The minimum atomic E-state index is -0.251. The number of fused-ring (bicyclic) bond motifs is 1. The lowest BCUT2D eigenvalue weighted by atomic mass is 10.2. The molecule has 0 aliphatic carbocycles. The largest absolute Gasteiger partial charge is 0.478 e. The lowest BCUT2D eigenvalue weighted by Crippen LogP contribution is -2.15. The van der Waals surface area contributed by atoms with Crippen molar-refractivity contribution in [1.29, 1.82) is 0 Å². The number of nitrogens with one attached hydrogen (secondary N) is 2. The monoisotopic (exact) mass is 367 g/mol. The molecule has 1 amide bonds. The molecule has 3 aromatic rings. The fourth-order valence-corrected chi connectivity index (χ4v) is 2.72. The van der Waals surface area contributed by atoms with Gasteiger partial charge in [-0.3, -0.25) is 4.79 Å². The molecule has 142 valence electrons. The van der Waals surface area contributed by atoms with Crippen molar-refractivity contribution in [3.63, 3.8) is 0 Å². The van der Waals surface area contributed by atoms with E-state index < -0.39 is 0 Å². The van der Waals surface area contributed by atoms with Crippen molar-refractivity contribution in [3.8, 4) is 5.88 Å². The third-order valence-corrected chi connectivity index (χ3v) is 4.15. The molecule has 0 aliphatic heterocycles. The van der Waals surface area contributed by atoms with Gasteiger partial charge in [-0.15, -0.1) is 0 Å². The highest BCUT2D eigenvalue weighted by atomic mass is 16.5. The van der Waals surface area contributed by atoms with Gasteiger partial charge in [0, 0.05) is 24.5 Å². The molecule has 3 rings (SSSR count). The van der Waals surface area contributed by atoms with Gasteiger partial charge in [0.05, 0.1) is 17.7 Å².